The van der Waals surface area contributed by atoms with E-state index >= 15 is 0 Å². The summed E-state index contributed by atoms with van der Waals surface area (Å²) >= 11 is 0. The Kier molecular flexibility index (Phi) is 9.16. The second-order valence-electron chi connectivity index (χ2n) is 8.17. The van der Waals surface area contributed by atoms with Crippen LogP contribution in [-0.2, 0) is 16.1 Å². The first-order valence-electron chi connectivity index (χ1n) is 11.2. The largest absolute Gasteiger partial charge is 0.478 e. The fourth-order valence-corrected chi connectivity index (χ4v) is 3.75. The zero-order chi connectivity index (χ0) is 24.3. The van der Waals surface area contributed by atoms with Crippen LogP contribution in [0.4, 0.5) is 0 Å². The van der Waals surface area contributed by atoms with Gasteiger partial charge in [-0.2, -0.15) is 0 Å². The third-order valence-corrected chi connectivity index (χ3v) is 5.54. The number of pyridine rings is 1. The van der Waals surface area contributed by atoms with Crippen LogP contribution in [0.2, 0.25) is 0 Å². The van der Waals surface area contributed by atoms with Crippen molar-refractivity contribution in [2.45, 2.75) is 32.7 Å². The van der Waals surface area contributed by atoms with E-state index in [-0.39, 0.29) is 0 Å². The molecule has 180 valence electrons. The van der Waals surface area contributed by atoms with Crippen LogP contribution in [0, 0.1) is 12.8 Å². The molecule has 9 nitrogen and oxygen atoms in total. The van der Waals surface area contributed by atoms with E-state index in [1.807, 2.05) is 24.4 Å². The Bertz CT molecular complexity index is 1090. The number of rotatable bonds is 8. The summed E-state index contributed by atoms with van der Waals surface area (Å²) in [7, 11) is 0. The number of aromatic nitrogens is 2. The van der Waals surface area contributed by atoms with E-state index in [4.69, 9.17) is 19.5 Å². The molecular weight excluding hydrogens is 438 g/mol. The number of carbonyl (C=O) groups is 2. The average molecular weight is 468 g/mol. The molecule has 34 heavy (non-hydrogen) atoms. The third kappa shape index (κ3) is 8.00. The number of hydrogen-bond acceptors (Lipinski definition) is 7. The first-order valence-corrected chi connectivity index (χ1v) is 11.2. The van der Waals surface area contributed by atoms with Gasteiger partial charge in [0.2, 0.25) is 0 Å². The maximum atomic E-state index is 9.55. The van der Waals surface area contributed by atoms with Gasteiger partial charge in [-0.1, -0.05) is 17.7 Å². The standard InChI is InChI=1S/C21H25N3O2.C4H4O4/c1-16-5-6-20-19(14-16)21(23-26-20)25-13-9-17-7-11-24(12-8-17)15-18-4-2-3-10-22-18;5-3(6)1-2-4(7)8/h2-6,10,14,17H,7-9,11-13,15H2,1H3;1-2H,(H,5,6)(H,7,8). The molecule has 4 rings (SSSR count). The number of ether oxygens (including phenoxy) is 1. The lowest BCUT2D eigenvalue weighted by Crippen LogP contribution is -2.33. The summed E-state index contributed by atoms with van der Waals surface area (Å²) in [4.78, 5) is 26.0. The third-order valence-electron chi connectivity index (χ3n) is 5.54. The van der Waals surface area contributed by atoms with Gasteiger partial charge in [-0.05, 0) is 74.6 Å². The van der Waals surface area contributed by atoms with Gasteiger partial charge < -0.3 is 19.5 Å². The van der Waals surface area contributed by atoms with E-state index < -0.39 is 11.9 Å². The highest BCUT2D eigenvalue weighted by Crippen LogP contribution is 2.27. The maximum absolute atomic E-state index is 9.55. The fourth-order valence-electron chi connectivity index (χ4n) is 3.75. The van der Waals surface area contributed by atoms with Gasteiger partial charge in [0.15, 0.2) is 5.58 Å². The number of aryl methyl sites for hydroxylation is 1. The number of carboxylic acid groups (broad SMARTS) is 2. The van der Waals surface area contributed by atoms with Crippen LogP contribution in [0.3, 0.4) is 0 Å². The normalized spacial score (nSPS) is 14.6. The number of nitrogens with zero attached hydrogens (tertiary/aromatic N) is 3. The summed E-state index contributed by atoms with van der Waals surface area (Å²) in [5, 5.41) is 20.7. The molecule has 0 amide bonds. The summed E-state index contributed by atoms with van der Waals surface area (Å²) in [6.07, 6.45) is 6.49. The highest BCUT2D eigenvalue weighted by Gasteiger charge is 2.20. The predicted octanol–water partition coefficient (Wildman–Crippen LogP) is 3.92. The van der Waals surface area contributed by atoms with Gasteiger partial charge in [0.1, 0.15) is 0 Å². The van der Waals surface area contributed by atoms with Crippen molar-refractivity contribution in [3.8, 4) is 5.88 Å². The Labute approximate surface area is 197 Å². The molecule has 0 spiro atoms. The van der Waals surface area contributed by atoms with E-state index in [2.05, 4.69) is 40.2 Å². The van der Waals surface area contributed by atoms with Gasteiger partial charge >= 0.3 is 11.9 Å². The molecule has 3 aromatic rings. The van der Waals surface area contributed by atoms with Crippen molar-refractivity contribution in [1.82, 2.24) is 15.0 Å². The number of carboxylic acids is 2. The molecule has 0 saturated carbocycles. The Morgan fingerprint density at radius 3 is 2.53 bits per heavy atom. The maximum Gasteiger partial charge on any atom is 0.328 e. The van der Waals surface area contributed by atoms with Gasteiger partial charge in [-0.25, -0.2) is 9.59 Å². The van der Waals surface area contributed by atoms with E-state index in [1.165, 1.54) is 18.4 Å². The Balaban J connectivity index is 0.000000350. The molecule has 1 saturated heterocycles. The topological polar surface area (TPSA) is 126 Å². The van der Waals surface area contributed by atoms with Crippen molar-refractivity contribution >= 4 is 22.9 Å². The lowest BCUT2D eigenvalue weighted by atomic mass is 9.94. The Morgan fingerprint density at radius 1 is 1.15 bits per heavy atom. The minimum absolute atomic E-state index is 0.558. The molecule has 0 bridgehead atoms. The van der Waals surface area contributed by atoms with Gasteiger partial charge in [-0.15, -0.1) is 0 Å². The zero-order valence-corrected chi connectivity index (χ0v) is 19.1. The highest BCUT2D eigenvalue weighted by atomic mass is 16.5. The minimum Gasteiger partial charge on any atom is -0.478 e. The number of aliphatic carboxylic acids is 2. The molecule has 2 N–H and O–H groups in total. The fraction of sp³-hybridized carbons (Fsp3) is 0.360. The lowest BCUT2D eigenvalue weighted by molar-refractivity contribution is -0.134. The molecule has 0 unspecified atom stereocenters. The zero-order valence-electron chi connectivity index (χ0n) is 19.1. The number of piperidine rings is 1. The van der Waals surface area contributed by atoms with Crippen molar-refractivity contribution in [3.05, 3.63) is 66.0 Å². The monoisotopic (exact) mass is 467 g/mol. The number of benzene rings is 1. The molecule has 1 fully saturated rings. The molecular formula is C25H29N3O6. The van der Waals surface area contributed by atoms with Crippen LogP contribution in [0.5, 0.6) is 5.88 Å². The van der Waals surface area contributed by atoms with E-state index in [1.54, 1.807) is 0 Å². The first kappa shape index (κ1) is 24.9. The minimum atomic E-state index is -1.26. The van der Waals surface area contributed by atoms with E-state index in [0.29, 0.717) is 24.6 Å². The second-order valence-corrected chi connectivity index (χ2v) is 8.17. The molecule has 1 aliphatic heterocycles. The molecule has 0 atom stereocenters. The summed E-state index contributed by atoms with van der Waals surface area (Å²) in [5.74, 6) is -1.18. The van der Waals surface area contributed by atoms with Crippen LogP contribution in [-0.4, -0.2) is 56.9 Å². The highest BCUT2D eigenvalue weighted by molar-refractivity contribution is 5.89. The summed E-state index contributed by atoms with van der Waals surface area (Å²) < 4.78 is 11.2. The van der Waals surface area contributed by atoms with Gasteiger partial charge in [-0.3, -0.25) is 9.88 Å². The Hall–Kier alpha value is -3.72. The average Bonchev–Trinajstić information content (AvgIpc) is 3.22. The van der Waals surface area contributed by atoms with Crippen molar-refractivity contribution in [1.29, 1.82) is 0 Å². The van der Waals surface area contributed by atoms with Crippen LogP contribution >= 0.6 is 0 Å². The Morgan fingerprint density at radius 2 is 1.88 bits per heavy atom. The van der Waals surface area contributed by atoms with Crippen molar-refractivity contribution in [2.75, 3.05) is 19.7 Å². The smallest absolute Gasteiger partial charge is 0.328 e. The van der Waals surface area contributed by atoms with Crippen molar-refractivity contribution < 1.29 is 29.1 Å². The lowest BCUT2D eigenvalue weighted by Gasteiger charge is -2.31. The molecule has 1 aliphatic rings. The van der Waals surface area contributed by atoms with Crippen molar-refractivity contribution in [3.63, 3.8) is 0 Å². The van der Waals surface area contributed by atoms with Gasteiger partial charge in [0.25, 0.3) is 5.88 Å². The van der Waals surface area contributed by atoms with Crippen molar-refractivity contribution in [2.24, 2.45) is 5.92 Å². The summed E-state index contributed by atoms with van der Waals surface area (Å²) in [5.41, 5.74) is 3.13. The molecule has 3 heterocycles. The second kappa shape index (κ2) is 12.5. The quantitative estimate of drug-likeness (QED) is 0.474. The van der Waals surface area contributed by atoms with Crippen LogP contribution in [0.25, 0.3) is 11.0 Å². The van der Waals surface area contributed by atoms with E-state index in [9.17, 15) is 9.59 Å². The predicted molar refractivity (Wildman–Crippen MR) is 126 cm³/mol. The number of fused-ring (bicyclic) bond motifs is 1. The van der Waals surface area contributed by atoms with Crippen LogP contribution < -0.4 is 4.74 Å². The molecule has 0 aliphatic carbocycles. The van der Waals surface area contributed by atoms with Gasteiger partial charge in [0, 0.05) is 24.9 Å². The number of likely N-dealkylation sites (tertiary alicyclic amines) is 1. The molecule has 1 aromatic carbocycles. The molecule has 2 aromatic heterocycles. The molecule has 0 radical (unpaired) electrons. The number of hydrogen-bond donors (Lipinski definition) is 2. The van der Waals surface area contributed by atoms with Gasteiger partial charge in [0.05, 0.1) is 17.7 Å². The van der Waals surface area contributed by atoms with Crippen LogP contribution in [0.15, 0.2) is 59.3 Å². The summed E-state index contributed by atoms with van der Waals surface area (Å²) in [6, 6.07) is 12.2. The SMILES string of the molecule is Cc1ccc2onc(OCCC3CCN(Cc4ccccn4)CC3)c2c1.O=C(O)C=CC(=O)O. The summed E-state index contributed by atoms with van der Waals surface area (Å²) in [6.45, 7) is 5.98. The molecule has 9 heteroatoms. The van der Waals surface area contributed by atoms with E-state index in [0.717, 1.165) is 48.6 Å². The first-order chi connectivity index (χ1) is 16.4. The van der Waals surface area contributed by atoms with Crippen LogP contribution in [0.1, 0.15) is 30.5 Å².